The van der Waals surface area contributed by atoms with Gasteiger partial charge in [0.05, 0.1) is 34.4 Å². The Bertz CT molecular complexity index is 2040. The van der Waals surface area contributed by atoms with Gasteiger partial charge in [0.15, 0.2) is 5.82 Å². The number of aryl methyl sites for hydroxylation is 1. The highest BCUT2D eigenvalue weighted by Crippen LogP contribution is 2.64. The van der Waals surface area contributed by atoms with Crippen molar-refractivity contribution in [3.63, 3.8) is 0 Å². The number of fused-ring (bicyclic) bond motifs is 2. The Morgan fingerprint density at radius 3 is 2.16 bits per heavy atom. The zero-order chi connectivity index (χ0) is 30.6. The zero-order valence-electron chi connectivity index (χ0n) is 24.9. The lowest BCUT2D eigenvalue weighted by atomic mass is 9.84. The van der Waals surface area contributed by atoms with Gasteiger partial charge in [0, 0.05) is 52.8 Å². The van der Waals surface area contributed by atoms with Crippen LogP contribution < -0.4 is 15.5 Å². The minimum absolute atomic E-state index is 0.0284. The molecule has 8 nitrogen and oxygen atoms in total. The molecule has 2 aliphatic rings. The van der Waals surface area contributed by atoms with Crippen molar-refractivity contribution in [2.75, 3.05) is 11.9 Å². The first kappa shape index (κ1) is 27.7. The highest BCUT2D eigenvalue weighted by Gasteiger charge is 2.47. The van der Waals surface area contributed by atoms with Gasteiger partial charge in [-0.2, -0.15) is 5.10 Å². The number of nitro groups is 1. The van der Waals surface area contributed by atoms with Gasteiger partial charge in [-0.3, -0.25) is 14.9 Å². The van der Waals surface area contributed by atoms with E-state index < -0.39 is 7.05 Å². The molecule has 0 N–H and O–H groups in total. The van der Waals surface area contributed by atoms with E-state index in [1.54, 1.807) is 12.1 Å². The molecule has 7 rings (SSSR count). The van der Waals surface area contributed by atoms with Gasteiger partial charge < -0.3 is 4.90 Å². The minimum Gasteiger partial charge on any atom is -0.346 e. The summed E-state index contributed by atoms with van der Waals surface area (Å²) in [5.41, 5.74) is 5.62. The Balaban J connectivity index is 1.65. The number of non-ortho nitro benzene ring substituents is 1. The standard InChI is InChI=1S/C35H31N6O2P/c1-24-32-34(40(37-24)26-13-7-5-8-14-26)36-23-31(33-35(2,3)29-17-11-12-18-30(29)39(33)4)44(32,28-15-9-6-10-16-28)38-25-19-21-27(22-20-25)41(42)43/h5-23H,1-4H3/b33-31+/t44-/m0/s1. The predicted molar refractivity (Wildman–Crippen MR) is 179 cm³/mol. The highest BCUT2D eigenvalue weighted by molar-refractivity contribution is 7.86. The smallest absolute Gasteiger partial charge is 0.269 e. The number of allylic oxidation sites excluding steroid dienone is 2. The van der Waals surface area contributed by atoms with Crippen molar-refractivity contribution in [3.05, 3.63) is 142 Å². The summed E-state index contributed by atoms with van der Waals surface area (Å²) in [5, 5.41) is 19.7. The van der Waals surface area contributed by atoms with Gasteiger partial charge in [0.25, 0.3) is 5.69 Å². The van der Waals surface area contributed by atoms with Crippen LogP contribution in [0.4, 0.5) is 22.9 Å². The van der Waals surface area contributed by atoms with Gasteiger partial charge in [-0.05, 0) is 42.8 Å². The summed E-state index contributed by atoms with van der Waals surface area (Å²) >= 11 is 0. The van der Waals surface area contributed by atoms with Gasteiger partial charge in [-0.25, -0.2) is 9.67 Å². The molecule has 0 saturated carbocycles. The van der Waals surface area contributed by atoms with E-state index in [-0.39, 0.29) is 16.0 Å². The first-order valence-electron chi connectivity index (χ1n) is 14.4. The summed E-state index contributed by atoms with van der Waals surface area (Å²) in [4.78, 5) is 18.6. The zero-order valence-corrected chi connectivity index (χ0v) is 25.8. The average Bonchev–Trinajstić information content (AvgIpc) is 3.49. The normalized spacial score (nSPS) is 19.9. The van der Waals surface area contributed by atoms with Crippen LogP contribution in [0.3, 0.4) is 0 Å². The highest BCUT2D eigenvalue weighted by atomic mass is 31.2. The number of para-hydroxylation sites is 2. The maximum atomic E-state index is 11.5. The number of likely N-dealkylation sites (N-methyl/N-ethyl adjacent to an activating group) is 1. The van der Waals surface area contributed by atoms with E-state index in [4.69, 9.17) is 14.8 Å². The van der Waals surface area contributed by atoms with Crippen molar-refractivity contribution in [2.24, 2.45) is 9.74 Å². The monoisotopic (exact) mass is 598 g/mol. The van der Waals surface area contributed by atoms with Crippen LogP contribution in [0.5, 0.6) is 0 Å². The van der Waals surface area contributed by atoms with Crippen LogP contribution >= 0.6 is 7.05 Å². The lowest BCUT2D eigenvalue weighted by molar-refractivity contribution is -0.384. The second-order valence-electron chi connectivity index (χ2n) is 11.5. The number of aliphatic imine (C=N–C) groups is 1. The fraction of sp³-hybridized carbons (Fsp3) is 0.143. The number of anilines is 1. The van der Waals surface area contributed by atoms with Crippen LogP contribution in [-0.4, -0.2) is 28.0 Å². The molecule has 0 radical (unpaired) electrons. The molecule has 0 saturated heterocycles. The number of benzene rings is 4. The van der Waals surface area contributed by atoms with Crippen LogP contribution in [0.15, 0.2) is 130 Å². The maximum Gasteiger partial charge on any atom is 0.269 e. The van der Waals surface area contributed by atoms with E-state index in [9.17, 15) is 10.1 Å². The van der Waals surface area contributed by atoms with E-state index in [0.717, 1.165) is 44.5 Å². The van der Waals surface area contributed by atoms with Crippen molar-refractivity contribution in [3.8, 4) is 5.69 Å². The molecule has 0 spiro atoms. The number of aromatic nitrogens is 2. The van der Waals surface area contributed by atoms with Gasteiger partial charge in [0.1, 0.15) is 0 Å². The summed E-state index contributed by atoms with van der Waals surface area (Å²) in [5.74, 6) is 0.747. The fourth-order valence-corrected chi connectivity index (χ4v) is 10.7. The third-order valence-corrected chi connectivity index (χ3v) is 12.3. The van der Waals surface area contributed by atoms with Crippen LogP contribution in [0, 0.1) is 17.0 Å². The molecular weight excluding hydrogens is 567 g/mol. The fourth-order valence-electron chi connectivity index (χ4n) is 6.63. The summed E-state index contributed by atoms with van der Waals surface area (Å²) in [6.45, 7) is 6.54. The molecule has 9 heteroatoms. The van der Waals surface area contributed by atoms with Crippen LogP contribution in [0.25, 0.3) is 5.69 Å². The molecule has 2 aliphatic heterocycles. The number of hydrogen-bond acceptors (Lipinski definition) is 6. The topological polar surface area (TPSA) is 88.9 Å². The lowest BCUT2D eigenvalue weighted by Gasteiger charge is -2.35. The SMILES string of the molecule is Cc1nn(-c2ccccc2)c2c1[P@](=Nc1ccc([N+](=O)[O-])cc1)(c1ccccc1)/C(=C1/N(C)c3ccccc3C1(C)C)C=N2. The Hall–Kier alpha value is -5.07. The summed E-state index contributed by atoms with van der Waals surface area (Å²) < 4.78 is 7.58. The van der Waals surface area contributed by atoms with Crippen molar-refractivity contribution >= 4 is 46.8 Å². The van der Waals surface area contributed by atoms with Gasteiger partial charge in [-0.1, -0.05) is 80.6 Å². The summed E-state index contributed by atoms with van der Waals surface area (Å²) in [7, 11) is -0.759. The van der Waals surface area contributed by atoms with E-state index in [2.05, 4.69) is 62.2 Å². The van der Waals surface area contributed by atoms with Crippen molar-refractivity contribution in [1.29, 1.82) is 0 Å². The molecule has 1 atom stereocenters. The first-order valence-corrected chi connectivity index (χ1v) is 16.2. The van der Waals surface area contributed by atoms with E-state index in [1.165, 1.54) is 17.7 Å². The third kappa shape index (κ3) is 4.09. The average molecular weight is 599 g/mol. The Morgan fingerprint density at radius 2 is 1.50 bits per heavy atom. The molecule has 3 heterocycles. The summed E-state index contributed by atoms with van der Waals surface area (Å²) in [6, 6.07) is 35.4. The second kappa shape index (κ2) is 10.3. The maximum absolute atomic E-state index is 11.5. The van der Waals surface area contributed by atoms with Gasteiger partial charge >= 0.3 is 0 Å². The number of nitro benzene ring substituents is 1. The Kier molecular flexibility index (Phi) is 6.48. The molecule has 0 bridgehead atoms. The van der Waals surface area contributed by atoms with E-state index in [0.29, 0.717) is 5.69 Å². The van der Waals surface area contributed by atoms with E-state index in [1.807, 2.05) is 66.4 Å². The molecule has 218 valence electrons. The molecule has 44 heavy (non-hydrogen) atoms. The molecule has 0 amide bonds. The third-order valence-electron chi connectivity index (χ3n) is 8.55. The number of hydrogen-bond donors (Lipinski definition) is 0. The molecule has 0 aliphatic carbocycles. The predicted octanol–water partition coefficient (Wildman–Crippen LogP) is 7.93. The minimum atomic E-state index is -2.88. The van der Waals surface area contributed by atoms with Crippen LogP contribution in [-0.2, 0) is 5.41 Å². The van der Waals surface area contributed by atoms with Crippen LogP contribution in [0.1, 0.15) is 25.1 Å². The molecule has 5 aromatic rings. The van der Waals surface area contributed by atoms with Crippen molar-refractivity contribution in [1.82, 2.24) is 9.78 Å². The molecule has 0 fully saturated rings. The molecule has 4 aromatic carbocycles. The van der Waals surface area contributed by atoms with Crippen molar-refractivity contribution < 1.29 is 4.92 Å². The molecule has 1 aromatic heterocycles. The quantitative estimate of drug-likeness (QED) is 0.119. The van der Waals surface area contributed by atoms with Gasteiger partial charge in [-0.15, -0.1) is 0 Å². The molecule has 0 unspecified atom stereocenters. The summed E-state index contributed by atoms with van der Waals surface area (Å²) in [6.07, 6.45) is 2.00. The number of nitrogens with zero attached hydrogens (tertiary/aromatic N) is 6. The Labute approximate surface area is 256 Å². The van der Waals surface area contributed by atoms with Crippen LogP contribution in [0.2, 0.25) is 0 Å². The largest absolute Gasteiger partial charge is 0.346 e. The van der Waals surface area contributed by atoms with Gasteiger partial charge in [0.2, 0.25) is 0 Å². The number of rotatable bonds is 4. The Morgan fingerprint density at radius 1 is 0.864 bits per heavy atom. The first-order chi connectivity index (χ1) is 21.2. The van der Waals surface area contributed by atoms with E-state index >= 15 is 0 Å². The van der Waals surface area contributed by atoms with Crippen molar-refractivity contribution in [2.45, 2.75) is 26.2 Å². The lowest BCUT2D eigenvalue weighted by Crippen LogP contribution is -2.30. The molecular formula is C35H31N6O2P. The second-order valence-corrected chi connectivity index (χ2v) is 14.5.